The smallest absolute Gasteiger partial charge is 0.191 e. The van der Waals surface area contributed by atoms with Crippen LogP contribution in [0.5, 0.6) is 0 Å². The van der Waals surface area contributed by atoms with Crippen molar-refractivity contribution in [3.8, 4) is 0 Å². The van der Waals surface area contributed by atoms with Crippen molar-refractivity contribution in [1.82, 2.24) is 15.2 Å². The zero-order valence-corrected chi connectivity index (χ0v) is 16.2. The zero-order valence-electron chi connectivity index (χ0n) is 13.9. The van der Waals surface area contributed by atoms with Crippen molar-refractivity contribution >= 4 is 29.9 Å². The molecule has 2 heterocycles. The van der Waals surface area contributed by atoms with Crippen LogP contribution in [-0.2, 0) is 16.0 Å². The van der Waals surface area contributed by atoms with Crippen LogP contribution in [-0.4, -0.2) is 56.1 Å². The summed E-state index contributed by atoms with van der Waals surface area (Å²) in [5.41, 5.74) is 0. The topological polar surface area (TPSA) is 59.8 Å². The van der Waals surface area contributed by atoms with Crippen LogP contribution in [0.3, 0.4) is 0 Å². The Morgan fingerprint density at radius 1 is 1.35 bits per heavy atom. The number of hydrogen-bond acceptors (Lipinski definition) is 3. The average Bonchev–Trinajstić information content (AvgIpc) is 3.20. The van der Waals surface area contributed by atoms with Crippen LogP contribution >= 0.6 is 24.0 Å². The highest BCUT2D eigenvalue weighted by Crippen LogP contribution is 2.11. The first-order valence-corrected chi connectivity index (χ1v) is 8.20. The molecule has 0 aromatic carbocycles. The van der Waals surface area contributed by atoms with Gasteiger partial charge in [0.05, 0.1) is 25.9 Å². The van der Waals surface area contributed by atoms with Crippen LogP contribution in [0.4, 0.5) is 0 Å². The number of halogens is 1. The third-order valence-electron chi connectivity index (χ3n) is 3.51. The van der Waals surface area contributed by atoms with Crippen LogP contribution in [0.2, 0.25) is 0 Å². The minimum absolute atomic E-state index is 0. The Bertz CT molecular complexity index is 420. The second-order valence-corrected chi connectivity index (χ2v) is 5.32. The molecule has 7 heteroatoms. The molecule has 2 rings (SSSR count). The molecule has 0 amide bonds. The molecular weight excluding hydrogens is 407 g/mol. The number of ether oxygens (including phenoxy) is 2. The number of hydrogen-bond donors (Lipinski definition) is 2. The van der Waals surface area contributed by atoms with Crippen molar-refractivity contribution in [2.45, 2.75) is 32.4 Å². The minimum Gasteiger partial charge on any atom is -0.377 e. The lowest BCUT2D eigenvalue weighted by molar-refractivity contribution is 0.0200. The van der Waals surface area contributed by atoms with Crippen LogP contribution in [0.25, 0.3) is 0 Å². The third-order valence-corrected chi connectivity index (χ3v) is 3.51. The van der Waals surface area contributed by atoms with E-state index in [0.717, 1.165) is 45.0 Å². The lowest BCUT2D eigenvalue weighted by atomic mass is 10.2. The molecule has 132 valence electrons. The number of nitrogens with one attached hydrogen (secondary N) is 2. The van der Waals surface area contributed by atoms with E-state index in [2.05, 4.69) is 39.5 Å². The van der Waals surface area contributed by atoms with Gasteiger partial charge in [0.25, 0.3) is 0 Å². The van der Waals surface area contributed by atoms with Gasteiger partial charge in [-0.2, -0.15) is 0 Å². The predicted octanol–water partition coefficient (Wildman–Crippen LogP) is 1.86. The summed E-state index contributed by atoms with van der Waals surface area (Å²) in [5.74, 6) is 0.843. The lowest BCUT2D eigenvalue weighted by Gasteiger charge is -2.12. The summed E-state index contributed by atoms with van der Waals surface area (Å²) < 4.78 is 13.3. The summed E-state index contributed by atoms with van der Waals surface area (Å²) in [5, 5.41) is 6.57. The lowest BCUT2D eigenvalue weighted by Crippen LogP contribution is -2.39. The highest BCUT2D eigenvalue weighted by molar-refractivity contribution is 14.0. The summed E-state index contributed by atoms with van der Waals surface area (Å²) in [7, 11) is 0. The molecule has 1 aromatic rings. The van der Waals surface area contributed by atoms with E-state index in [4.69, 9.17) is 9.47 Å². The molecule has 23 heavy (non-hydrogen) atoms. The summed E-state index contributed by atoms with van der Waals surface area (Å²) in [6, 6.07) is 4.06. The summed E-state index contributed by atoms with van der Waals surface area (Å²) >= 11 is 0. The van der Waals surface area contributed by atoms with Crippen molar-refractivity contribution in [3.05, 3.63) is 24.5 Å². The van der Waals surface area contributed by atoms with Gasteiger partial charge in [0.15, 0.2) is 5.96 Å². The standard InChI is InChI=1S/C16H28N4O2.HI/c1-2-17-16(18-7-11-20-9-3-4-10-20)19-8-13-21-14-15-6-5-12-22-15;/h3-4,9-10,15H,2,5-8,11-14H2,1H3,(H2,17,18,19);1H. The fourth-order valence-electron chi connectivity index (χ4n) is 2.38. The number of rotatable bonds is 9. The van der Waals surface area contributed by atoms with Gasteiger partial charge >= 0.3 is 0 Å². The Kier molecular flexibility index (Phi) is 11.1. The summed E-state index contributed by atoms with van der Waals surface area (Å²) in [6.45, 7) is 7.54. The monoisotopic (exact) mass is 436 g/mol. The summed E-state index contributed by atoms with van der Waals surface area (Å²) in [4.78, 5) is 4.52. The predicted molar refractivity (Wildman–Crippen MR) is 104 cm³/mol. The van der Waals surface area contributed by atoms with E-state index in [0.29, 0.717) is 19.8 Å². The first-order chi connectivity index (χ1) is 10.9. The van der Waals surface area contributed by atoms with Crippen LogP contribution in [0, 0.1) is 0 Å². The first kappa shape index (κ1) is 20.2. The van der Waals surface area contributed by atoms with E-state index >= 15 is 0 Å². The Hall–Kier alpha value is -0.800. The third kappa shape index (κ3) is 8.57. The number of aliphatic imine (C=N–C) groups is 1. The molecular formula is C16H29IN4O2. The van der Waals surface area contributed by atoms with Gasteiger partial charge in [0, 0.05) is 38.6 Å². The van der Waals surface area contributed by atoms with Gasteiger partial charge in [-0.15, -0.1) is 24.0 Å². The quantitative estimate of drug-likeness (QED) is 0.269. The largest absolute Gasteiger partial charge is 0.377 e. The van der Waals surface area contributed by atoms with E-state index in [9.17, 15) is 0 Å². The van der Waals surface area contributed by atoms with Crippen molar-refractivity contribution in [2.75, 3.05) is 39.5 Å². The van der Waals surface area contributed by atoms with Crippen LogP contribution in [0.1, 0.15) is 19.8 Å². The van der Waals surface area contributed by atoms with Gasteiger partial charge in [-0.1, -0.05) is 0 Å². The molecule has 2 N–H and O–H groups in total. The Morgan fingerprint density at radius 3 is 2.87 bits per heavy atom. The molecule has 1 atom stereocenters. The summed E-state index contributed by atoms with van der Waals surface area (Å²) in [6.07, 6.45) is 6.68. The SMILES string of the molecule is CCNC(=NCCOCC1CCCO1)NCCn1cccc1.I. The molecule has 1 aromatic heterocycles. The molecule has 1 unspecified atom stereocenters. The van der Waals surface area contributed by atoms with Crippen molar-refractivity contribution < 1.29 is 9.47 Å². The molecule has 1 fully saturated rings. The van der Waals surface area contributed by atoms with Gasteiger partial charge in [0.2, 0.25) is 0 Å². The Labute approximate surface area is 156 Å². The van der Waals surface area contributed by atoms with Crippen molar-refractivity contribution in [3.63, 3.8) is 0 Å². The first-order valence-electron chi connectivity index (χ1n) is 8.20. The molecule has 1 aliphatic rings. The number of nitrogens with zero attached hydrogens (tertiary/aromatic N) is 2. The molecule has 0 bridgehead atoms. The minimum atomic E-state index is 0. The van der Waals surface area contributed by atoms with Crippen molar-refractivity contribution in [1.29, 1.82) is 0 Å². The normalized spacial score (nSPS) is 17.8. The number of guanidine groups is 1. The second kappa shape index (κ2) is 12.6. The zero-order chi connectivity index (χ0) is 15.5. The fourth-order valence-corrected chi connectivity index (χ4v) is 2.38. The highest BCUT2D eigenvalue weighted by Gasteiger charge is 2.14. The van der Waals surface area contributed by atoms with Gasteiger partial charge in [-0.25, -0.2) is 0 Å². The molecule has 0 saturated carbocycles. The van der Waals surface area contributed by atoms with E-state index in [1.165, 1.54) is 0 Å². The van der Waals surface area contributed by atoms with Gasteiger partial charge in [-0.05, 0) is 31.9 Å². The maximum absolute atomic E-state index is 5.62. The van der Waals surface area contributed by atoms with Crippen LogP contribution < -0.4 is 10.6 Å². The molecule has 0 radical (unpaired) electrons. The van der Waals surface area contributed by atoms with E-state index in [1.54, 1.807) is 0 Å². The van der Waals surface area contributed by atoms with Gasteiger partial charge in [0.1, 0.15) is 0 Å². The average molecular weight is 436 g/mol. The van der Waals surface area contributed by atoms with Gasteiger partial charge < -0.3 is 24.7 Å². The number of aromatic nitrogens is 1. The van der Waals surface area contributed by atoms with E-state index in [-0.39, 0.29) is 30.1 Å². The molecule has 0 spiro atoms. The fraction of sp³-hybridized carbons (Fsp3) is 0.688. The molecule has 0 aliphatic carbocycles. The highest BCUT2D eigenvalue weighted by atomic mass is 127. The van der Waals surface area contributed by atoms with E-state index in [1.807, 2.05) is 12.1 Å². The molecule has 6 nitrogen and oxygen atoms in total. The molecule has 1 aliphatic heterocycles. The Balaban J connectivity index is 0.00000264. The van der Waals surface area contributed by atoms with Crippen LogP contribution in [0.15, 0.2) is 29.5 Å². The maximum Gasteiger partial charge on any atom is 0.191 e. The van der Waals surface area contributed by atoms with Crippen molar-refractivity contribution in [2.24, 2.45) is 4.99 Å². The van der Waals surface area contributed by atoms with Gasteiger partial charge in [-0.3, -0.25) is 4.99 Å². The maximum atomic E-state index is 5.62. The van der Waals surface area contributed by atoms with E-state index < -0.39 is 0 Å². The molecule has 1 saturated heterocycles. The Morgan fingerprint density at radius 2 is 2.17 bits per heavy atom. The second-order valence-electron chi connectivity index (χ2n) is 5.32.